The van der Waals surface area contributed by atoms with Crippen molar-refractivity contribution in [2.75, 3.05) is 20.3 Å². The third-order valence-corrected chi connectivity index (χ3v) is 3.99. The maximum absolute atomic E-state index is 11.7. The van der Waals surface area contributed by atoms with E-state index in [2.05, 4.69) is 15.5 Å². The summed E-state index contributed by atoms with van der Waals surface area (Å²) in [5, 5.41) is 21.1. The van der Waals surface area contributed by atoms with Gasteiger partial charge in [0.1, 0.15) is 6.61 Å². The first-order valence-electron chi connectivity index (χ1n) is 7.23. The molecule has 21 heavy (non-hydrogen) atoms. The molecular weight excluding hydrogens is 276 g/mol. The molecule has 0 bridgehead atoms. The number of carboxylic acids is 1. The van der Waals surface area contributed by atoms with Crippen LogP contribution >= 0.6 is 0 Å². The van der Waals surface area contributed by atoms with E-state index in [9.17, 15) is 9.90 Å². The third kappa shape index (κ3) is 3.98. The summed E-state index contributed by atoms with van der Waals surface area (Å²) in [4.78, 5) is 11.7. The van der Waals surface area contributed by atoms with Gasteiger partial charge in [-0.2, -0.15) is 0 Å². The smallest absolute Gasteiger partial charge is 0.311 e. The highest BCUT2D eigenvalue weighted by Gasteiger charge is 2.40. The summed E-state index contributed by atoms with van der Waals surface area (Å²) >= 11 is 0. The van der Waals surface area contributed by atoms with Crippen molar-refractivity contribution in [2.24, 2.45) is 5.41 Å². The number of ether oxygens (including phenoxy) is 2. The molecule has 0 aromatic carbocycles. The van der Waals surface area contributed by atoms with E-state index in [0.717, 1.165) is 19.3 Å². The lowest BCUT2D eigenvalue weighted by Crippen LogP contribution is -2.38. The second-order valence-electron chi connectivity index (χ2n) is 5.44. The van der Waals surface area contributed by atoms with Gasteiger partial charge in [0.25, 0.3) is 0 Å². The molecule has 1 heterocycles. The summed E-state index contributed by atoms with van der Waals surface area (Å²) in [6, 6.07) is 0. The van der Waals surface area contributed by atoms with Crippen molar-refractivity contribution < 1.29 is 19.4 Å². The Hall–Kier alpha value is -1.54. The van der Waals surface area contributed by atoms with Crippen LogP contribution in [0.2, 0.25) is 0 Å². The van der Waals surface area contributed by atoms with Crippen molar-refractivity contribution in [1.82, 2.24) is 20.2 Å². The zero-order chi connectivity index (χ0) is 15.1. The fourth-order valence-electron chi connectivity index (χ4n) is 2.71. The molecule has 1 aromatic rings. The predicted octanol–water partition coefficient (Wildman–Crippen LogP) is 0.871. The Morgan fingerprint density at radius 1 is 1.33 bits per heavy atom. The first-order chi connectivity index (χ1) is 10.2. The Morgan fingerprint density at radius 2 is 2.10 bits per heavy atom. The number of carboxylic acid groups (broad SMARTS) is 1. The van der Waals surface area contributed by atoms with Gasteiger partial charge < -0.3 is 14.6 Å². The zero-order valence-corrected chi connectivity index (χ0v) is 12.3. The molecule has 1 aromatic heterocycles. The van der Waals surface area contributed by atoms with Crippen LogP contribution in [0, 0.1) is 5.41 Å². The highest BCUT2D eigenvalue weighted by atomic mass is 16.5. The fourth-order valence-corrected chi connectivity index (χ4v) is 2.71. The van der Waals surface area contributed by atoms with Crippen LogP contribution in [0.1, 0.15) is 37.9 Å². The summed E-state index contributed by atoms with van der Waals surface area (Å²) in [7, 11) is 1.60. The summed E-state index contributed by atoms with van der Waals surface area (Å²) in [5.41, 5.74) is -0.755. The molecule has 0 aliphatic heterocycles. The van der Waals surface area contributed by atoms with Crippen LogP contribution in [0.15, 0.2) is 0 Å². The van der Waals surface area contributed by atoms with Crippen molar-refractivity contribution in [2.45, 2.75) is 45.3 Å². The SMILES string of the molecule is COCCOCc1nnnn1CC1(C(=O)O)CCCCC1. The predicted molar refractivity (Wildman–Crippen MR) is 72.5 cm³/mol. The van der Waals surface area contributed by atoms with Gasteiger partial charge in [0.2, 0.25) is 0 Å². The van der Waals surface area contributed by atoms with Gasteiger partial charge in [0.05, 0.1) is 25.2 Å². The maximum Gasteiger partial charge on any atom is 0.311 e. The minimum Gasteiger partial charge on any atom is -0.481 e. The molecule has 0 radical (unpaired) electrons. The van der Waals surface area contributed by atoms with E-state index < -0.39 is 11.4 Å². The van der Waals surface area contributed by atoms with Gasteiger partial charge in [-0.05, 0) is 23.3 Å². The molecule has 8 heteroatoms. The number of methoxy groups -OCH3 is 1. The first-order valence-corrected chi connectivity index (χ1v) is 7.23. The Bertz CT molecular complexity index is 457. The molecule has 0 atom stereocenters. The summed E-state index contributed by atoms with van der Waals surface area (Å²) in [6.07, 6.45) is 4.32. The molecule has 0 saturated heterocycles. The third-order valence-electron chi connectivity index (χ3n) is 3.99. The highest BCUT2D eigenvalue weighted by molar-refractivity contribution is 5.74. The van der Waals surface area contributed by atoms with E-state index in [1.54, 1.807) is 11.8 Å². The Balaban J connectivity index is 2.01. The van der Waals surface area contributed by atoms with Crippen LogP contribution in [0.4, 0.5) is 0 Å². The van der Waals surface area contributed by atoms with Crippen molar-refractivity contribution in [1.29, 1.82) is 0 Å². The van der Waals surface area contributed by atoms with Gasteiger partial charge in [-0.15, -0.1) is 5.10 Å². The van der Waals surface area contributed by atoms with Gasteiger partial charge >= 0.3 is 5.97 Å². The highest BCUT2D eigenvalue weighted by Crippen LogP contribution is 2.38. The summed E-state index contributed by atoms with van der Waals surface area (Å²) < 4.78 is 11.9. The first kappa shape index (κ1) is 15.8. The quantitative estimate of drug-likeness (QED) is 0.711. The topological polar surface area (TPSA) is 99.4 Å². The average molecular weight is 298 g/mol. The molecule has 1 aliphatic rings. The van der Waals surface area contributed by atoms with Gasteiger partial charge in [-0.25, -0.2) is 4.68 Å². The van der Waals surface area contributed by atoms with Crippen LogP contribution in [0.3, 0.4) is 0 Å². The average Bonchev–Trinajstić information content (AvgIpc) is 2.91. The Morgan fingerprint density at radius 3 is 2.76 bits per heavy atom. The van der Waals surface area contributed by atoms with Crippen molar-refractivity contribution in [3.63, 3.8) is 0 Å². The number of hydrogen-bond acceptors (Lipinski definition) is 6. The lowest BCUT2D eigenvalue weighted by atomic mass is 9.74. The fraction of sp³-hybridized carbons (Fsp3) is 0.846. The molecule has 1 saturated carbocycles. The van der Waals surface area contributed by atoms with Gasteiger partial charge in [0.15, 0.2) is 5.82 Å². The van der Waals surface area contributed by atoms with Crippen LogP contribution < -0.4 is 0 Å². The number of rotatable bonds is 8. The van der Waals surface area contributed by atoms with E-state index in [-0.39, 0.29) is 6.61 Å². The van der Waals surface area contributed by atoms with Crippen molar-refractivity contribution in [3.8, 4) is 0 Å². The van der Waals surface area contributed by atoms with Crippen molar-refractivity contribution >= 4 is 5.97 Å². The molecule has 0 unspecified atom stereocenters. The van der Waals surface area contributed by atoms with E-state index in [0.29, 0.717) is 38.4 Å². The molecule has 2 rings (SSSR count). The lowest BCUT2D eigenvalue weighted by Gasteiger charge is -2.32. The zero-order valence-electron chi connectivity index (χ0n) is 12.3. The second-order valence-corrected chi connectivity index (χ2v) is 5.44. The molecule has 1 fully saturated rings. The number of aromatic nitrogens is 4. The molecule has 118 valence electrons. The van der Waals surface area contributed by atoms with Crippen LogP contribution in [-0.2, 0) is 27.4 Å². The molecule has 8 nitrogen and oxygen atoms in total. The van der Waals surface area contributed by atoms with Gasteiger partial charge in [-0.1, -0.05) is 19.3 Å². The molecule has 0 spiro atoms. The summed E-state index contributed by atoms with van der Waals surface area (Å²) in [6.45, 7) is 1.51. The van der Waals surface area contributed by atoms with Gasteiger partial charge in [0, 0.05) is 7.11 Å². The Kier molecular flexibility index (Phi) is 5.63. The van der Waals surface area contributed by atoms with E-state index in [1.165, 1.54) is 0 Å². The van der Waals surface area contributed by atoms with Crippen LogP contribution in [0.5, 0.6) is 0 Å². The maximum atomic E-state index is 11.7. The van der Waals surface area contributed by atoms with E-state index >= 15 is 0 Å². The molecule has 1 aliphatic carbocycles. The minimum atomic E-state index is -0.760. The standard InChI is InChI=1S/C13H22N4O4/c1-20-7-8-21-9-11-14-15-16-17(11)10-13(12(18)19)5-3-2-4-6-13/h2-10H2,1H3,(H,18,19). The van der Waals surface area contributed by atoms with Gasteiger partial charge in [-0.3, -0.25) is 4.79 Å². The van der Waals surface area contributed by atoms with Crippen molar-refractivity contribution in [3.05, 3.63) is 5.82 Å². The Labute approximate surface area is 123 Å². The normalized spacial score (nSPS) is 17.8. The molecule has 0 amide bonds. The van der Waals surface area contributed by atoms with Crippen LogP contribution in [0.25, 0.3) is 0 Å². The second kappa shape index (κ2) is 7.46. The van der Waals surface area contributed by atoms with E-state index in [4.69, 9.17) is 9.47 Å². The monoisotopic (exact) mass is 298 g/mol. The van der Waals surface area contributed by atoms with E-state index in [1.807, 2.05) is 0 Å². The number of tetrazole rings is 1. The minimum absolute atomic E-state index is 0.256. The number of nitrogens with zero attached hydrogens (tertiary/aromatic N) is 4. The van der Waals surface area contributed by atoms with Crippen LogP contribution in [-0.4, -0.2) is 51.6 Å². The molecule has 1 N–H and O–H groups in total. The largest absolute Gasteiger partial charge is 0.481 e. The summed E-state index contributed by atoms with van der Waals surface area (Å²) in [5.74, 6) is -0.207. The lowest BCUT2D eigenvalue weighted by molar-refractivity contribution is -0.152. The molecular formula is C13H22N4O4. The number of carbonyl (C=O) groups is 1. The number of hydrogen-bond donors (Lipinski definition) is 1. The number of aliphatic carboxylic acids is 1.